The number of benzene rings is 2. The lowest BCUT2D eigenvalue weighted by Gasteiger charge is -2.24. The Kier molecular flexibility index (Phi) is 9.80. The third kappa shape index (κ3) is 7.68. The van der Waals surface area contributed by atoms with Crippen LogP contribution in [0.25, 0.3) is 11.1 Å². The van der Waals surface area contributed by atoms with E-state index in [0.29, 0.717) is 17.7 Å². The van der Waals surface area contributed by atoms with Crippen LogP contribution in [0, 0.1) is 6.92 Å². The van der Waals surface area contributed by atoms with E-state index in [1.54, 1.807) is 6.07 Å². The molecule has 0 heterocycles. The van der Waals surface area contributed by atoms with Crippen molar-refractivity contribution in [2.75, 3.05) is 6.16 Å². The van der Waals surface area contributed by atoms with Crippen LogP contribution in [-0.4, -0.2) is 23.5 Å². The van der Waals surface area contributed by atoms with Crippen molar-refractivity contribution < 1.29 is 28.3 Å². The number of carbonyl (C=O) groups excluding carboxylic acids is 1. The predicted octanol–water partition coefficient (Wildman–Crippen LogP) is 7.01. The van der Waals surface area contributed by atoms with Crippen molar-refractivity contribution in [3.63, 3.8) is 0 Å². The van der Waals surface area contributed by atoms with Crippen molar-refractivity contribution in [2.45, 2.75) is 73.0 Å². The quantitative estimate of drug-likeness (QED) is 0.158. The van der Waals surface area contributed by atoms with Gasteiger partial charge in [-0.3, -0.25) is 9.32 Å². The number of hydrogen-bond acceptors (Lipinski definition) is 6. The van der Waals surface area contributed by atoms with E-state index in [4.69, 9.17) is 13.8 Å². The van der Waals surface area contributed by atoms with E-state index >= 15 is 0 Å². The summed E-state index contributed by atoms with van der Waals surface area (Å²) in [4.78, 5) is 11.3. The second-order valence-corrected chi connectivity index (χ2v) is 10.1. The molecule has 6 nitrogen and oxygen atoms in total. The largest absolute Gasteiger partial charge is 0.507 e. The number of rotatable bonds is 12. The molecule has 0 aliphatic rings. The highest BCUT2D eigenvalue weighted by Gasteiger charge is 2.31. The van der Waals surface area contributed by atoms with Gasteiger partial charge in [-0.25, -0.2) is 4.57 Å². The number of aryl methyl sites for hydroxylation is 2. The van der Waals surface area contributed by atoms with Gasteiger partial charge in [0.1, 0.15) is 11.5 Å². The Morgan fingerprint density at radius 3 is 2.50 bits per heavy atom. The molecule has 1 N–H and O–H groups in total. The zero-order valence-electron chi connectivity index (χ0n) is 19.7. The van der Waals surface area contributed by atoms with Gasteiger partial charge in [-0.15, -0.1) is 0 Å². The van der Waals surface area contributed by atoms with Crippen LogP contribution in [0.1, 0.15) is 64.5 Å². The average molecular weight is 463 g/mol. The topological polar surface area (TPSA) is 82.1 Å². The van der Waals surface area contributed by atoms with Gasteiger partial charge in [0, 0.05) is 6.92 Å². The Morgan fingerprint density at radius 1 is 1.12 bits per heavy atom. The van der Waals surface area contributed by atoms with Crippen LogP contribution in [0.3, 0.4) is 0 Å². The maximum atomic E-state index is 13.6. The molecule has 0 spiro atoms. The van der Waals surface area contributed by atoms with Crippen LogP contribution < -0.4 is 4.52 Å². The first-order chi connectivity index (χ1) is 15.2. The molecule has 0 aromatic heterocycles. The van der Waals surface area contributed by atoms with Gasteiger partial charge in [0.15, 0.2) is 0 Å². The molecule has 0 saturated carbocycles. The Labute approximate surface area is 191 Å². The first kappa shape index (κ1) is 26.0. The molecule has 2 aromatic carbocycles. The Bertz CT molecular complexity index is 955. The molecule has 2 unspecified atom stereocenters. The van der Waals surface area contributed by atoms with Crippen LogP contribution in [0.4, 0.5) is 0 Å². The van der Waals surface area contributed by atoms with E-state index in [0.717, 1.165) is 42.4 Å². The molecule has 0 saturated heterocycles. The fourth-order valence-corrected chi connectivity index (χ4v) is 5.29. The summed E-state index contributed by atoms with van der Waals surface area (Å²) in [6.45, 7) is 8.74. The summed E-state index contributed by atoms with van der Waals surface area (Å²) < 4.78 is 30.2. The van der Waals surface area contributed by atoms with Crippen LogP contribution in [-0.2, 0) is 25.0 Å². The van der Waals surface area contributed by atoms with E-state index in [2.05, 4.69) is 6.92 Å². The summed E-state index contributed by atoms with van der Waals surface area (Å²) in [6, 6.07) is 11.2. The lowest BCUT2D eigenvalue weighted by atomic mass is 9.98. The van der Waals surface area contributed by atoms with Gasteiger partial charge in [0.25, 0.3) is 0 Å². The van der Waals surface area contributed by atoms with E-state index in [9.17, 15) is 14.5 Å². The molecule has 2 rings (SSSR count). The molecule has 0 fully saturated rings. The van der Waals surface area contributed by atoms with Gasteiger partial charge in [-0.1, -0.05) is 56.5 Å². The third-order valence-corrected chi connectivity index (χ3v) is 6.98. The summed E-state index contributed by atoms with van der Waals surface area (Å²) in [7, 11) is -3.67. The lowest BCUT2D eigenvalue weighted by Crippen LogP contribution is -2.17. The molecule has 0 bridgehead atoms. The molecule has 0 aliphatic heterocycles. The van der Waals surface area contributed by atoms with Crippen molar-refractivity contribution in [2.24, 2.45) is 0 Å². The minimum Gasteiger partial charge on any atom is -0.507 e. The van der Waals surface area contributed by atoms with Gasteiger partial charge >= 0.3 is 13.6 Å². The first-order valence-electron chi connectivity index (χ1n) is 11.2. The van der Waals surface area contributed by atoms with Gasteiger partial charge in [0.05, 0.1) is 11.7 Å². The average Bonchev–Trinajstić information content (AvgIpc) is 2.67. The van der Waals surface area contributed by atoms with E-state index in [1.807, 2.05) is 44.2 Å². The van der Waals surface area contributed by atoms with Crippen LogP contribution in [0.15, 0.2) is 36.4 Å². The molecule has 0 amide bonds. The Balaban J connectivity index is 2.50. The highest BCUT2D eigenvalue weighted by molar-refractivity contribution is 7.54. The third-order valence-electron chi connectivity index (χ3n) is 4.89. The molecule has 7 heteroatoms. The number of unbranched alkanes of at least 4 members (excludes halogenated alkanes) is 2. The summed E-state index contributed by atoms with van der Waals surface area (Å²) in [5.74, 6) is -0.166. The second kappa shape index (κ2) is 12.1. The second-order valence-electron chi connectivity index (χ2n) is 8.02. The minimum atomic E-state index is -3.67. The van der Waals surface area contributed by atoms with Crippen LogP contribution in [0.5, 0.6) is 11.5 Å². The van der Waals surface area contributed by atoms with Crippen molar-refractivity contribution in [3.8, 4) is 22.6 Å². The zero-order chi connectivity index (χ0) is 23.7. The number of phenolic OH excluding ortho intramolecular Hbond substituents is 1. The number of hydrogen-bond donors (Lipinski definition) is 1. The number of phenols is 1. The smallest absolute Gasteiger partial charge is 0.382 e. The van der Waals surface area contributed by atoms with E-state index in [-0.39, 0.29) is 11.9 Å². The van der Waals surface area contributed by atoms with Crippen molar-refractivity contribution in [1.29, 1.82) is 0 Å². The van der Waals surface area contributed by atoms with Crippen LogP contribution in [0.2, 0.25) is 0 Å². The fraction of sp³-hybridized carbons (Fsp3) is 0.480. The number of carbonyl (C=O) groups is 1. The monoisotopic (exact) mass is 462 g/mol. The molecule has 32 heavy (non-hydrogen) atoms. The maximum absolute atomic E-state index is 13.6. The Morgan fingerprint density at radius 2 is 1.88 bits per heavy atom. The lowest BCUT2D eigenvalue weighted by molar-refractivity contribution is -0.158. The van der Waals surface area contributed by atoms with Gasteiger partial charge < -0.3 is 14.4 Å². The zero-order valence-corrected chi connectivity index (χ0v) is 20.6. The van der Waals surface area contributed by atoms with E-state index in [1.165, 1.54) is 13.8 Å². The summed E-state index contributed by atoms with van der Waals surface area (Å²) in [6.07, 6.45) is 3.59. The van der Waals surface area contributed by atoms with E-state index < -0.39 is 19.9 Å². The minimum absolute atomic E-state index is 0.0654. The molecular weight excluding hydrogens is 427 g/mol. The SMILES string of the molecule is CCCCCc1cc(O)c(-c2cccc(C)c2)c(OP(=O)(CCC)OC(C)OC(C)=O)c1. The van der Waals surface area contributed by atoms with Crippen LogP contribution >= 0.6 is 7.60 Å². The van der Waals surface area contributed by atoms with Gasteiger partial charge in [0.2, 0.25) is 6.29 Å². The highest BCUT2D eigenvalue weighted by Crippen LogP contribution is 2.53. The van der Waals surface area contributed by atoms with Crippen molar-refractivity contribution in [3.05, 3.63) is 47.5 Å². The van der Waals surface area contributed by atoms with Crippen molar-refractivity contribution >= 4 is 13.6 Å². The predicted molar refractivity (Wildman–Crippen MR) is 127 cm³/mol. The normalized spacial score (nSPS) is 13.9. The molecule has 2 atom stereocenters. The van der Waals surface area contributed by atoms with Gasteiger partial charge in [-0.05, 0) is 56.4 Å². The Hall–Kier alpha value is -2.30. The fourth-order valence-electron chi connectivity index (χ4n) is 3.57. The van der Waals surface area contributed by atoms with Gasteiger partial charge in [-0.2, -0.15) is 0 Å². The maximum Gasteiger partial charge on any atom is 0.382 e. The molecule has 176 valence electrons. The number of esters is 1. The standard InChI is InChI=1S/C25H35O6P/c1-6-8-9-12-21-16-23(27)25(22-13-10-11-18(3)15-22)24(17-21)31-32(28,14-7-2)30-20(5)29-19(4)26/h10-11,13,15-17,20,27H,6-9,12,14H2,1-5H3. The molecule has 0 aliphatic carbocycles. The summed E-state index contributed by atoms with van der Waals surface area (Å²) >= 11 is 0. The molecule has 2 aromatic rings. The van der Waals surface area contributed by atoms with Crippen molar-refractivity contribution in [1.82, 2.24) is 0 Å². The first-order valence-corrected chi connectivity index (χ1v) is 13.0. The molecular formula is C25H35O6P. The highest BCUT2D eigenvalue weighted by atomic mass is 31.2. The summed E-state index contributed by atoms with van der Waals surface area (Å²) in [5, 5.41) is 10.9. The summed E-state index contributed by atoms with van der Waals surface area (Å²) in [5.41, 5.74) is 3.15. The number of ether oxygens (including phenoxy) is 1. The molecule has 0 radical (unpaired) electrons. The number of aromatic hydroxyl groups is 1.